The molecule has 2 saturated heterocycles. The van der Waals surface area contributed by atoms with Crippen molar-refractivity contribution in [2.75, 3.05) is 13.1 Å². The van der Waals surface area contributed by atoms with Crippen molar-refractivity contribution in [2.24, 2.45) is 5.73 Å². The lowest BCUT2D eigenvalue weighted by molar-refractivity contribution is 0.0615. The maximum Gasteiger partial charge on any atom is 0.203 e. The monoisotopic (exact) mass is 183 g/mol. The van der Waals surface area contributed by atoms with Crippen molar-refractivity contribution in [3.63, 3.8) is 0 Å². The Labute approximate surface area is 77.5 Å². The van der Waals surface area contributed by atoms with E-state index >= 15 is 0 Å². The molecule has 2 heterocycles. The molecule has 0 aliphatic carbocycles. The first kappa shape index (κ1) is 8.74. The standard InChI is InChI=1S/C7H15N6/c8-7(9)13-5-1-4-12(13)6-2-3-10-11-6/h4,6,10-11H,1-3,5H2,(H3,8,9). The Kier molecular flexibility index (Phi) is 2.34. The molecule has 2 fully saturated rings. The molecular weight excluding hydrogens is 168 g/mol. The molecule has 6 nitrogen and oxygen atoms in total. The van der Waals surface area contributed by atoms with Crippen LogP contribution in [0.4, 0.5) is 0 Å². The van der Waals surface area contributed by atoms with E-state index in [1.807, 2.05) is 5.01 Å². The number of guanidine groups is 1. The van der Waals surface area contributed by atoms with Gasteiger partial charge in [0.25, 0.3) is 0 Å². The van der Waals surface area contributed by atoms with Gasteiger partial charge in [-0.3, -0.25) is 15.8 Å². The van der Waals surface area contributed by atoms with Crippen LogP contribution in [0.1, 0.15) is 12.8 Å². The minimum Gasteiger partial charge on any atom is -0.369 e. The topological polar surface area (TPSA) is 80.4 Å². The number of hydrazine groups is 2. The first-order valence-electron chi connectivity index (χ1n) is 4.50. The minimum absolute atomic E-state index is 0.113. The quantitative estimate of drug-likeness (QED) is 0.303. The van der Waals surface area contributed by atoms with Crippen molar-refractivity contribution in [1.29, 1.82) is 5.41 Å². The number of hydrogen-bond donors (Lipinski definition) is 4. The Morgan fingerprint density at radius 3 is 3.08 bits per heavy atom. The third kappa shape index (κ3) is 1.60. The SMILES string of the molecule is N=C(N)N1CC[CH]N1C1CCNN1. The average Bonchev–Trinajstić information content (AvgIpc) is 2.74. The van der Waals surface area contributed by atoms with Crippen molar-refractivity contribution >= 4 is 5.96 Å². The summed E-state index contributed by atoms with van der Waals surface area (Å²) in [6.07, 6.45) is 2.23. The van der Waals surface area contributed by atoms with E-state index in [9.17, 15) is 0 Å². The number of nitrogens with one attached hydrogen (secondary N) is 3. The molecule has 6 heteroatoms. The second-order valence-electron chi connectivity index (χ2n) is 3.24. The molecule has 2 aliphatic heterocycles. The van der Waals surface area contributed by atoms with E-state index < -0.39 is 0 Å². The van der Waals surface area contributed by atoms with Crippen molar-refractivity contribution in [2.45, 2.75) is 19.0 Å². The first-order chi connectivity index (χ1) is 6.29. The highest BCUT2D eigenvalue weighted by atomic mass is 15.7. The lowest BCUT2D eigenvalue weighted by Crippen LogP contribution is -2.52. The fourth-order valence-electron chi connectivity index (χ4n) is 1.74. The summed E-state index contributed by atoms with van der Waals surface area (Å²) in [6.45, 7) is 3.85. The Morgan fingerprint density at radius 2 is 2.46 bits per heavy atom. The van der Waals surface area contributed by atoms with Crippen LogP contribution < -0.4 is 16.6 Å². The molecule has 0 aromatic heterocycles. The molecule has 2 rings (SSSR count). The molecule has 1 radical (unpaired) electrons. The minimum atomic E-state index is 0.113. The molecule has 0 amide bonds. The highest BCUT2D eigenvalue weighted by molar-refractivity contribution is 5.74. The van der Waals surface area contributed by atoms with Crippen LogP contribution in [0.15, 0.2) is 0 Å². The van der Waals surface area contributed by atoms with Gasteiger partial charge in [-0.25, -0.2) is 5.43 Å². The first-order valence-corrected chi connectivity index (χ1v) is 4.50. The summed E-state index contributed by atoms with van der Waals surface area (Å²) >= 11 is 0. The third-order valence-electron chi connectivity index (χ3n) is 2.34. The molecule has 2 aliphatic rings. The van der Waals surface area contributed by atoms with E-state index in [1.165, 1.54) is 0 Å². The molecule has 0 aromatic rings. The Hall–Kier alpha value is -0.850. The molecular formula is C7H15N6. The predicted molar refractivity (Wildman–Crippen MR) is 48.9 cm³/mol. The normalized spacial score (nSPS) is 29.8. The highest BCUT2D eigenvalue weighted by Crippen LogP contribution is 2.18. The van der Waals surface area contributed by atoms with Gasteiger partial charge >= 0.3 is 0 Å². The number of nitrogens with zero attached hydrogens (tertiary/aromatic N) is 2. The third-order valence-corrected chi connectivity index (χ3v) is 2.34. The number of rotatable bonds is 1. The number of hydrogen-bond acceptors (Lipinski definition) is 4. The summed E-state index contributed by atoms with van der Waals surface area (Å²) in [5, 5.41) is 11.2. The molecule has 1 atom stereocenters. The Balaban J connectivity index is 2.00. The smallest absolute Gasteiger partial charge is 0.203 e. The van der Waals surface area contributed by atoms with Crippen LogP contribution in [-0.2, 0) is 0 Å². The zero-order valence-electron chi connectivity index (χ0n) is 7.45. The molecule has 0 bridgehead atoms. The second kappa shape index (κ2) is 3.49. The molecule has 0 spiro atoms. The molecule has 1 unspecified atom stereocenters. The van der Waals surface area contributed by atoms with Gasteiger partial charge in [-0.15, -0.1) is 0 Å². The van der Waals surface area contributed by atoms with Gasteiger partial charge in [0.2, 0.25) is 5.96 Å². The molecule has 13 heavy (non-hydrogen) atoms. The van der Waals surface area contributed by atoms with Crippen LogP contribution in [0.25, 0.3) is 0 Å². The summed E-state index contributed by atoms with van der Waals surface area (Å²) in [6, 6.07) is 0. The summed E-state index contributed by atoms with van der Waals surface area (Å²) < 4.78 is 0. The van der Waals surface area contributed by atoms with Gasteiger partial charge in [0.05, 0.1) is 12.7 Å². The van der Waals surface area contributed by atoms with Crippen LogP contribution in [-0.4, -0.2) is 35.2 Å². The van der Waals surface area contributed by atoms with E-state index in [4.69, 9.17) is 11.1 Å². The van der Waals surface area contributed by atoms with Crippen LogP contribution in [0.5, 0.6) is 0 Å². The zero-order valence-corrected chi connectivity index (χ0v) is 7.45. The lowest BCUT2D eigenvalue weighted by atomic mass is 10.3. The predicted octanol–water partition coefficient (Wildman–Crippen LogP) is -1.21. The fourth-order valence-corrected chi connectivity index (χ4v) is 1.74. The molecule has 5 N–H and O–H groups in total. The Bertz CT molecular complexity index is 199. The summed E-state index contributed by atoms with van der Waals surface area (Å²) in [7, 11) is 0. The van der Waals surface area contributed by atoms with Crippen LogP contribution in [0.3, 0.4) is 0 Å². The number of nitrogens with two attached hydrogens (primary N) is 1. The van der Waals surface area contributed by atoms with Crippen LogP contribution >= 0.6 is 0 Å². The summed E-state index contributed by atoms with van der Waals surface area (Å²) in [5.74, 6) is 0.113. The van der Waals surface area contributed by atoms with Gasteiger partial charge in [-0.05, 0) is 12.8 Å². The van der Waals surface area contributed by atoms with Gasteiger partial charge < -0.3 is 5.73 Å². The molecule has 0 saturated carbocycles. The second-order valence-corrected chi connectivity index (χ2v) is 3.24. The molecule has 0 aromatic carbocycles. The van der Waals surface area contributed by atoms with E-state index in [1.54, 1.807) is 5.01 Å². The van der Waals surface area contributed by atoms with Crippen LogP contribution in [0, 0.1) is 12.0 Å². The van der Waals surface area contributed by atoms with Gasteiger partial charge in [0.15, 0.2) is 0 Å². The fraction of sp³-hybridized carbons (Fsp3) is 0.714. The van der Waals surface area contributed by atoms with E-state index in [0.717, 1.165) is 25.9 Å². The maximum absolute atomic E-state index is 7.38. The van der Waals surface area contributed by atoms with Crippen molar-refractivity contribution < 1.29 is 0 Å². The summed E-state index contributed by atoms with van der Waals surface area (Å²) in [5.41, 5.74) is 11.6. The lowest BCUT2D eigenvalue weighted by Gasteiger charge is -2.32. The van der Waals surface area contributed by atoms with Crippen LogP contribution in [0.2, 0.25) is 0 Å². The van der Waals surface area contributed by atoms with Gasteiger partial charge in [-0.1, -0.05) is 0 Å². The largest absolute Gasteiger partial charge is 0.369 e. The van der Waals surface area contributed by atoms with E-state index in [0.29, 0.717) is 0 Å². The zero-order chi connectivity index (χ0) is 9.26. The van der Waals surface area contributed by atoms with Crippen molar-refractivity contribution in [3.8, 4) is 0 Å². The van der Waals surface area contributed by atoms with Gasteiger partial charge in [0, 0.05) is 13.1 Å². The average molecular weight is 183 g/mol. The van der Waals surface area contributed by atoms with Gasteiger partial charge in [0.1, 0.15) is 0 Å². The van der Waals surface area contributed by atoms with E-state index in [-0.39, 0.29) is 12.1 Å². The highest BCUT2D eigenvalue weighted by Gasteiger charge is 2.31. The van der Waals surface area contributed by atoms with E-state index in [2.05, 4.69) is 17.4 Å². The maximum atomic E-state index is 7.38. The summed E-state index contributed by atoms with van der Waals surface area (Å²) in [4.78, 5) is 0. The van der Waals surface area contributed by atoms with Gasteiger partial charge in [-0.2, -0.15) is 5.01 Å². The Morgan fingerprint density at radius 1 is 1.62 bits per heavy atom. The molecule has 73 valence electrons. The van der Waals surface area contributed by atoms with Crippen molar-refractivity contribution in [3.05, 3.63) is 6.54 Å². The van der Waals surface area contributed by atoms with Crippen molar-refractivity contribution in [1.82, 2.24) is 20.9 Å².